The highest BCUT2D eigenvalue weighted by Crippen LogP contribution is 2.05. The summed E-state index contributed by atoms with van der Waals surface area (Å²) in [5.41, 5.74) is 4.51. The Kier molecular flexibility index (Phi) is 3.50. The Morgan fingerprint density at radius 2 is 1.71 bits per heavy atom. The zero-order valence-corrected chi connectivity index (χ0v) is 8.40. The van der Waals surface area contributed by atoms with E-state index in [0.717, 1.165) is 0 Å². The number of nitrogens with zero attached hydrogens (tertiary/aromatic N) is 2. The number of rotatable bonds is 2. The van der Waals surface area contributed by atoms with Gasteiger partial charge in [-0.3, -0.25) is 14.4 Å². The summed E-state index contributed by atoms with van der Waals surface area (Å²) in [7, 11) is 0. The van der Waals surface area contributed by atoms with Gasteiger partial charge in [0.2, 0.25) is 0 Å². The van der Waals surface area contributed by atoms with Crippen molar-refractivity contribution in [1.82, 2.24) is 5.01 Å². The molecule has 0 unspecified atom stereocenters. The summed E-state index contributed by atoms with van der Waals surface area (Å²) in [6, 6.07) is 7.05. The first-order valence-electron chi connectivity index (χ1n) is 4.32. The zero-order valence-electron chi connectivity index (χ0n) is 8.40. The second kappa shape index (κ2) is 4.84. The number of carbonyl (C=O) groups excluding carboxylic acids is 3. The molecule has 88 valence electrons. The summed E-state index contributed by atoms with van der Waals surface area (Å²) >= 11 is 0. The minimum atomic E-state index is -1.69. The number of carbonyl (C=O) groups is 3. The molecule has 0 radical (unpaired) electrons. The van der Waals surface area contributed by atoms with Gasteiger partial charge in [0.25, 0.3) is 0 Å². The molecule has 0 aliphatic heterocycles. The first-order chi connectivity index (χ1) is 7.95. The summed E-state index contributed by atoms with van der Waals surface area (Å²) in [5.74, 6) is -4.49. The maximum Gasteiger partial charge on any atom is 0.380 e. The topological polar surface area (TPSA) is 124 Å². The van der Waals surface area contributed by atoms with Crippen molar-refractivity contribution in [2.24, 2.45) is 5.73 Å². The van der Waals surface area contributed by atoms with Gasteiger partial charge in [0, 0.05) is 10.6 Å². The van der Waals surface area contributed by atoms with Crippen LogP contribution >= 0.6 is 0 Å². The molecule has 3 amide bonds. The van der Waals surface area contributed by atoms with Gasteiger partial charge in [-0.1, -0.05) is 18.2 Å². The van der Waals surface area contributed by atoms with Crippen LogP contribution in [0.1, 0.15) is 10.4 Å². The summed E-state index contributed by atoms with van der Waals surface area (Å²) in [6.07, 6.45) is 0. The van der Waals surface area contributed by atoms with Gasteiger partial charge in [0.1, 0.15) is 0 Å². The van der Waals surface area contributed by atoms with E-state index >= 15 is 0 Å². The highest BCUT2D eigenvalue weighted by atomic mass is 16.7. The molecule has 1 aromatic carbocycles. The average Bonchev–Trinajstić information content (AvgIpc) is 2.29. The second-order valence-electron chi connectivity index (χ2n) is 2.89. The lowest BCUT2D eigenvalue weighted by molar-refractivity contribution is -0.611. The smallest absolute Gasteiger partial charge is 0.361 e. The standard InChI is InChI=1S/C9H7N3O5/c10-7(13)9(15)11(12(16)17)8(14)6-4-2-1-3-5-6/h1-5H,(H2,10,13). The van der Waals surface area contributed by atoms with Crippen LogP contribution in [0.3, 0.4) is 0 Å². The van der Waals surface area contributed by atoms with Gasteiger partial charge >= 0.3 is 17.7 Å². The molecule has 0 heterocycles. The van der Waals surface area contributed by atoms with Gasteiger partial charge in [0.15, 0.2) is 5.03 Å². The van der Waals surface area contributed by atoms with Crippen LogP contribution in [0.4, 0.5) is 0 Å². The van der Waals surface area contributed by atoms with Crippen LogP contribution in [0.15, 0.2) is 30.3 Å². The predicted molar refractivity (Wildman–Crippen MR) is 53.8 cm³/mol. The number of imide groups is 1. The van der Waals surface area contributed by atoms with E-state index in [-0.39, 0.29) is 5.56 Å². The Labute approximate surface area is 94.7 Å². The fraction of sp³-hybridized carbons (Fsp3) is 0. The molecule has 0 saturated heterocycles. The van der Waals surface area contributed by atoms with Crippen LogP contribution in [0, 0.1) is 10.1 Å². The van der Waals surface area contributed by atoms with Crippen molar-refractivity contribution in [1.29, 1.82) is 0 Å². The highest BCUT2D eigenvalue weighted by Gasteiger charge is 2.36. The Morgan fingerprint density at radius 1 is 1.18 bits per heavy atom. The number of nitro groups is 1. The number of hydrogen-bond acceptors (Lipinski definition) is 5. The maximum absolute atomic E-state index is 11.6. The summed E-state index contributed by atoms with van der Waals surface area (Å²) in [5, 5.41) is 8.83. The van der Waals surface area contributed by atoms with E-state index in [1.807, 2.05) is 0 Å². The van der Waals surface area contributed by atoms with Gasteiger partial charge in [-0.15, -0.1) is 0 Å². The van der Waals surface area contributed by atoms with Gasteiger partial charge in [-0.05, 0) is 12.1 Å². The van der Waals surface area contributed by atoms with Crippen molar-refractivity contribution in [3.8, 4) is 0 Å². The monoisotopic (exact) mass is 237 g/mol. The van der Waals surface area contributed by atoms with Crippen molar-refractivity contribution in [2.75, 3.05) is 0 Å². The van der Waals surface area contributed by atoms with E-state index in [2.05, 4.69) is 5.73 Å². The molecular weight excluding hydrogens is 230 g/mol. The average molecular weight is 237 g/mol. The van der Waals surface area contributed by atoms with Crippen LogP contribution in [0.25, 0.3) is 0 Å². The Morgan fingerprint density at radius 3 is 2.12 bits per heavy atom. The Balaban J connectivity index is 3.10. The molecule has 0 bridgehead atoms. The fourth-order valence-electron chi connectivity index (χ4n) is 1.05. The van der Waals surface area contributed by atoms with Gasteiger partial charge in [0.05, 0.1) is 0 Å². The van der Waals surface area contributed by atoms with Gasteiger partial charge in [-0.2, -0.15) is 0 Å². The van der Waals surface area contributed by atoms with Crippen LogP contribution in [0.5, 0.6) is 0 Å². The lowest BCUT2D eigenvalue weighted by atomic mass is 10.2. The maximum atomic E-state index is 11.6. The third-order valence-corrected chi connectivity index (χ3v) is 1.78. The highest BCUT2D eigenvalue weighted by molar-refractivity contribution is 6.37. The normalized spacial score (nSPS) is 9.41. The predicted octanol–water partition coefficient (Wildman–Crippen LogP) is -0.668. The fourth-order valence-corrected chi connectivity index (χ4v) is 1.05. The third kappa shape index (κ3) is 2.62. The molecule has 0 aromatic heterocycles. The van der Waals surface area contributed by atoms with Crippen LogP contribution < -0.4 is 5.73 Å². The first-order valence-corrected chi connectivity index (χ1v) is 4.32. The molecule has 0 fully saturated rings. The van der Waals surface area contributed by atoms with Crippen molar-refractivity contribution in [3.05, 3.63) is 46.0 Å². The summed E-state index contributed by atoms with van der Waals surface area (Å²) in [6.45, 7) is 0. The Hall–Kier alpha value is -2.77. The number of hydrogen-bond donors (Lipinski definition) is 1. The Bertz CT molecular complexity index is 485. The molecule has 0 aliphatic carbocycles. The summed E-state index contributed by atoms with van der Waals surface area (Å²) in [4.78, 5) is 43.8. The summed E-state index contributed by atoms with van der Waals surface area (Å²) < 4.78 is 0. The quantitative estimate of drug-likeness (QED) is 0.415. The lowest BCUT2D eigenvalue weighted by Gasteiger charge is -2.08. The molecule has 17 heavy (non-hydrogen) atoms. The lowest BCUT2D eigenvalue weighted by Crippen LogP contribution is -2.47. The number of nitrogens with two attached hydrogens (primary N) is 1. The zero-order chi connectivity index (χ0) is 13.0. The SMILES string of the molecule is NC(=O)C(=O)N(C(=O)c1ccccc1)[N+](=O)[O-]. The van der Waals surface area contributed by atoms with Crippen molar-refractivity contribution >= 4 is 17.7 Å². The molecule has 1 aromatic rings. The van der Waals surface area contributed by atoms with E-state index in [9.17, 15) is 24.5 Å². The van der Waals surface area contributed by atoms with E-state index in [0.29, 0.717) is 0 Å². The number of primary amides is 1. The van der Waals surface area contributed by atoms with Crippen molar-refractivity contribution in [3.63, 3.8) is 0 Å². The number of benzene rings is 1. The van der Waals surface area contributed by atoms with E-state index in [1.54, 1.807) is 6.07 Å². The van der Waals surface area contributed by atoms with E-state index < -0.39 is 27.8 Å². The van der Waals surface area contributed by atoms with Crippen LogP contribution in [-0.2, 0) is 9.59 Å². The van der Waals surface area contributed by atoms with E-state index in [4.69, 9.17) is 0 Å². The first kappa shape index (κ1) is 12.3. The molecule has 0 spiro atoms. The second-order valence-corrected chi connectivity index (χ2v) is 2.89. The molecular formula is C9H7N3O5. The van der Waals surface area contributed by atoms with Crippen LogP contribution in [-0.4, -0.2) is 27.8 Å². The largest absolute Gasteiger partial charge is 0.380 e. The minimum Gasteiger partial charge on any atom is -0.361 e. The van der Waals surface area contributed by atoms with Crippen LogP contribution in [0.2, 0.25) is 0 Å². The minimum absolute atomic E-state index is 0.0983. The van der Waals surface area contributed by atoms with Gasteiger partial charge < -0.3 is 5.73 Å². The molecule has 0 aliphatic rings. The number of amides is 3. The van der Waals surface area contributed by atoms with Crippen molar-refractivity contribution < 1.29 is 19.4 Å². The molecule has 8 heteroatoms. The molecule has 8 nitrogen and oxygen atoms in total. The molecule has 2 N–H and O–H groups in total. The molecule has 0 saturated carbocycles. The van der Waals surface area contributed by atoms with Gasteiger partial charge in [-0.25, -0.2) is 10.1 Å². The molecule has 0 atom stereocenters. The molecule has 1 rings (SSSR count). The third-order valence-electron chi connectivity index (χ3n) is 1.78. The van der Waals surface area contributed by atoms with Crippen molar-refractivity contribution in [2.45, 2.75) is 0 Å². The van der Waals surface area contributed by atoms with E-state index in [1.165, 1.54) is 24.3 Å². The number of hydrazine groups is 1.